The number of nitrogens with two attached hydrogens (primary N) is 1. The van der Waals surface area contributed by atoms with Crippen LogP contribution in [0.5, 0.6) is 0 Å². The number of halogens is 1. The van der Waals surface area contributed by atoms with Gasteiger partial charge in [-0.2, -0.15) is 4.31 Å². The Morgan fingerprint density at radius 2 is 1.94 bits per heavy atom. The zero-order valence-electron chi connectivity index (χ0n) is 19.0. The molecule has 0 saturated carbocycles. The van der Waals surface area contributed by atoms with E-state index in [1.165, 1.54) is 33.5 Å². The molecule has 188 valence electrons. The summed E-state index contributed by atoms with van der Waals surface area (Å²) in [7, 11) is -3.93. The van der Waals surface area contributed by atoms with E-state index in [9.17, 15) is 22.8 Å². The van der Waals surface area contributed by atoms with Crippen molar-refractivity contribution in [3.8, 4) is 0 Å². The molecular weight excluding hydrogens is 516 g/mol. The first-order valence-electron chi connectivity index (χ1n) is 11.1. The lowest BCUT2D eigenvalue weighted by molar-refractivity contribution is -0.119. The summed E-state index contributed by atoms with van der Waals surface area (Å²) in [5.74, 6) is -1.23. The van der Waals surface area contributed by atoms with E-state index in [0.29, 0.717) is 36.4 Å². The number of fused-ring (bicyclic) bond motifs is 1. The van der Waals surface area contributed by atoms with Gasteiger partial charge in [-0.1, -0.05) is 11.6 Å². The Bertz CT molecular complexity index is 1260. The van der Waals surface area contributed by atoms with Crippen molar-refractivity contribution in [2.75, 3.05) is 25.0 Å². The fourth-order valence-electron chi connectivity index (χ4n) is 4.35. The van der Waals surface area contributed by atoms with Gasteiger partial charge in [0.15, 0.2) is 0 Å². The third-order valence-electron chi connectivity index (χ3n) is 5.99. The van der Waals surface area contributed by atoms with Gasteiger partial charge in [0, 0.05) is 23.0 Å². The molecule has 2 aromatic rings. The van der Waals surface area contributed by atoms with Gasteiger partial charge in [-0.15, -0.1) is 11.3 Å². The minimum Gasteiger partial charge on any atom is -0.450 e. The molecule has 35 heavy (non-hydrogen) atoms. The first kappa shape index (κ1) is 25.4. The molecular formula is C22H25ClN4O6S2. The van der Waals surface area contributed by atoms with Gasteiger partial charge in [0.2, 0.25) is 15.9 Å². The number of benzene rings is 1. The smallest absolute Gasteiger partial charge is 0.410 e. The average Bonchev–Trinajstić information content (AvgIpc) is 3.44. The Kier molecular flexibility index (Phi) is 7.36. The van der Waals surface area contributed by atoms with E-state index in [1.54, 1.807) is 6.92 Å². The molecule has 1 atom stereocenters. The Morgan fingerprint density at radius 1 is 1.23 bits per heavy atom. The maximum absolute atomic E-state index is 13.2. The first-order valence-corrected chi connectivity index (χ1v) is 13.7. The van der Waals surface area contributed by atoms with Crippen LogP contribution in [-0.2, 0) is 32.5 Å². The fourth-order valence-corrected chi connectivity index (χ4v) is 7.40. The lowest BCUT2D eigenvalue weighted by atomic mass is 10.0. The number of hydrogen-bond donors (Lipinski definition) is 2. The summed E-state index contributed by atoms with van der Waals surface area (Å²) >= 11 is 7.04. The highest BCUT2D eigenvalue weighted by molar-refractivity contribution is 7.89. The van der Waals surface area contributed by atoms with Crippen LogP contribution >= 0.6 is 22.9 Å². The summed E-state index contributed by atoms with van der Waals surface area (Å²) in [5, 5.41) is 3.40. The number of thiophene rings is 1. The third-order valence-corrected chi connectivity index (χ3v) is 9.30. The Labute approximate surface area is 212 Å². The van der Waals surface area contributed by atoms with E-state index in [1.807, 2.05) is 0 Å². The highest BCUT2D eigenvalue weighted by atomic mass is 35.5. The topological polar surface area (TPSA) is 139 Å². The lowest BCUT2D eigenvalue weighted by Crippen LogP contribution is -2.43. The van der Waals surface area contributed by atoms with Crippen molar-refractivity contribution in [3.63, 3.8) is 0 Å². The molecule has 2 aliphatic rings. The Morgan fingerprint density at radius 3 is 2.60 bits per heavy atom. The lowest BCUT2D eigenvalue weighted by Gasteiger charge is -2.26. The summed E-state index contributed by atoms with van der Waals surface area (Å²) in [4.78, 5) is 39.9. The molecule has 4 rings (SSSR count). The second kappa shape index (κ2) is 10.1. The van der Waals surface area contributed by atoms with Crippen LogP contribution in [0.2, 0.25) is 5.02 Å². The Balaban J connectivity index is 1.57. The van der Waals surface area contributed by atoms with Crippen LogP contribution in [-0.4, -0.2) is 61.3 Å². The number of carbonyl (C=O) groups excluding carboxylic acids is 3. The van der Waals surface area contributed by atoms with Crippen LogP contribution in [0.4, 0.5) is 9.80 Å². The van der Waals surface area contributed by atoms with Crippen LogP contribution in [0.1, 0.15) is 40.6 Å². The van der Waals surface area contributed by atoms with Crippen LogP contribution in [0.15, 0.2) is 29.2 Å². The van der Waals surface area contributed by atoms with Gasteiger partial charge in [-0.25, -0.2) is 13.2 Å². The zero-order chi connectivity index (χ0) is 25.3. The second-order valence-electron chi connectivity index (χ2n) is 8.16. The van der Waals surface area contributed by atoms with Crippen molar-refractivity contribution >= 4 is 55.9 Å². The number of carbonyl (C=O) groups is 3. The molecule has 0 spiro atoms. The molecule has 3 heterocycles. The maximum Gasteiger partial charge on any atom is 0.410 e. The minimum atomic E-state index is -3.93. The van der Waals surface area contributed by atoms with Crippen molar-refractivity contribution in [1.82, 2.24) is 9.21 Å². The van der Waals surface area contributed by atoms with E-state index < -0.39 is 34.0 Å². The average molecular weight is 541 g/mol. The van der Waals surface area contributed by atoms with Gasteiger partial charge in [0.25, 0.3) is 5.91 Å². The van der Waals surface area contributed by atoms with Crippen LogP contribution in [0, 0.1) is 0 Å². The highest BCUT2D eigenvalue weighted by Gasteiger charge is 2.40. The minimum absolute atomic E-state index is 0.0464. The Hall–Kier alpha value is -2.67. The van der Waals surface area contributed by atoms with Crippen molar-refractivity contribution in [2.24, 2.45) is 5.73 Å². The molecule has 1 aromatic carbocycles. The second-order valence-corrected chi connectivity index (χ2v) is 11.6. The number of primary amides is 1. The van der Waals surface area contributed by atoms with E-state index >= 15 is 0 Å². The van der Waals surface area contributed by atoms with Gasteiger partial charge >= 0.3 is 6.09 Å². The molecule has 3 amide bonds. The molecule has 10 nitrogen and oxygen atoms in total. The standard InChI is InChI=1S/C22H25ClN4O6S2/c1-2-33-22(30)26-11-9-15-17(12-26)34-21(18(15)19(24)28)25-20(29)16-4-3-10-27(16)35(31,32)14-7-5-13(23)6-8-14/h5-8,16H,2-4,9-12H2,1H3,(H2,24,28)(H,25,29). The predicted molar refractivity (Wildman–Crippen MR) is 131 cm³/mol. The number of hydrogen-bond acceptors (Lipinski definition) is 7. The largest absolute Gasteiger partial charge is 0.450 e. The van der Waals surface area contributed by atoms with Crippen LogP contribution < -0.4 is 11.1 Å². The molecule has 2 aliphatic heterocycles. The van der Waals surface area contributed by atoms with Crippen molar-refractivity contribution in [1.29, 1.82) is 0 Å². The van der Waals surface area contributed by atoms with Crippen molar-refractivity contribution < 1.29 is 27.5 Å². The number of ether oxygens (including phenoxy) is 1. The number of nitrogens with zero attached hydrogens (tertiary/aromatic N) is 2. The van der Waals surface area contributed by atoms with Crippen LogP contribution in [0.3, 0.4) is 0 Å². The zero-order valence-corrected chi connectivity index (χ0v) is 21.3. The maximum atomic E-state index is 13.2. The number of anilines is 1. The third kappa shape index (κ3) is 5.01. The van der Waals surface area contributed by atoms with E-state index in [4.69, 9.17) is 22.1 Å². The summed E-state index contributed by atoms with van der Waals surface area (Å²) in [6, 6.07) is 4.83. The van der Waals surface area contributed by atoms with Gasteiger partial charge in [-0.3, -0.25) is 9.59 Å². The molecule has 0 aliphatic carbocycles. The number of amides is 3. The number of sulfonamides is 1. The van der Waals surface area contributed by atoms with E-state index in [0.717, 1.165) is 16.2 Å². The normalized spacial score (nSPS) is 18.2. The van der Waals surface area contributed by atoms with Gasteiger partial charge in [0.05, 0.1) is 23.6 Å². The molecule has 1 aromatic heterocycles. The molecule has 0 radical (unpaired) electrons. The predicted octanol–water partition coefficient (Wildman–Crippen LogP) is 2.81. The molecule has 0 bridgehead atoms. The summed E-state index contributed by atoms with van der Waals surface area (Å²) in [5.41, 5.74) is 6.52. The molecule has 1 fully saturated rings. The molecule has 3 N–H and O–H groups in total. The van der Waals surface area contributed by atoms with Gasteiger partial charge < -0.3 is 20.7 Å². The monoisotopic (exact) mass is 540 g/mol. The summed E-state index contributed by atoms with van der Waals surface area (Å²) < 4.78 is 32.6. The summed E-state index contributed by atoms with van der Waals surface area (Å²) in [6.45, 7) is 2.75. The highest BCUT2D eigenvalue weighted by Crippen LogP contribution is 2.38. The SMILES string of the molecule is CCOC(=O)N1CCc2c(sc(NC(=O)C3CCCN3S(=O)(=O)c3ccc(Cl)cc3)c2C(N)=O)C1. The first-order chi connectivity index (χ1) is 16.6. The molecule has 1 saturated heterocycles. The number of nitrogens with one attached hydrogen (secondary N) is 1. The molecule has 1 unspecified atom stereocenters. The van der Waals surface area contributed by atoms with Crippen molar-refractivity contribution in [2.45, 2.75) is 43.7 Å². The van der Waals surface area contributed by atoms with E-state index in [2.05, 4.69) is 5.32 Å². The van der Waals surface area contributed by atoms with Crippen LogP contribution in [0.25, 0.3) is 0 Å². The number of rotatable bonds is 6. The van der Waals surface area contributed by atoms with Crippen molar-refractivity contribution in [3.05, 3.63) is 45.3 Å². The quantitative estimate of drug-likeness (QED) is 0.577. The van der Waals surface area contributed by atoms with E-state index in [-0.39, 0.29) is 35.2 Å². The van der Waals surface area contributed by atoms with Gasteiger partial charge in [0.1, 0.15) is 11.0 Å². The summed E-state index contributed by atoms with van der Waals surface area (Å²) in [6.07, 6.45) is 0.793. The molecule has 13 heteroatoms. The van der Waals surface area contributed by atoms with Gasteiger partial charge in [-0.05, 0) is 56.0 Å². The fraction of sp³-hybridized carbons (Fsp3) is 0.409.